The molecule has 1 aliphatic rings. The van der Waals surface area contributed by atoms with Crippen LogP contribution in [0.4, 0.5) is 0 Å². The normalized spacial score (nSPS) is 23.1. The van der Waals surface area contributed by atoms with Crippen molar-refractivity contribution in [2.45, 2.75) is 229 Å². The van der Waals surface area contributed by atoms with E-state index in [0.29, 0.717) is 19.3 Å². The third-order valence-corrected chi connectivity index (χ3v) is 10.3. The van der Waals surface area contributed by atoms with E-state index in [1.807, 2.05) is 0 Å². The van der Waals surface area contributed by atoms with Crippen molar-refractivity contribution in [3.63, 3.8) is 0 Å². The predicted octanol–water partition coefficient (Wildman–Crippen LogP) is 5.72. The van der Waals surface area contributed by atoms with Gasteiger partial charge in [-0.05, 0) is 38.5 Å². The average molecular weight is 746 g/mol. The van der Waals surface area contributed by atoms with Crippen LogP contribution < -0.4 is 5.32 Å². The smallest absolute Gasteiger partial charge is 0.249 e. The maximum atomic E-state index is 13.0. The average Bonchev–Trinajstić information content (AvgIpc) is 3.14. The number of rotatable bonds is 34. The van der Waals surface area contributed by atoms with Crippen molar-refractivity contribution >= 4 is 5.91 Å². The van der Waals surface area contributed by atoms with Gasteiger partial charge in [0, 0.05) is 0 Å². The minimum atomic E-state index is -1.66. The van der Waals surface area contributed by atoms with Gasteiger partial charge in [0.1, 0.15) is 36.6 Å². The number of hydrogen-bond donors (Lipinski definition) is 8. The van der Waals surface area contributed by atoms with Crippen molar-refractivity contribution in [2.24, 2.45) is 0 Å². The maximum absolute atomic E-state index is 13.0. The lowest BCUT2D eigenvalue weighted by Gasteiger charge is -2.40. The summed E-state index contributed by atoms with van der Waals surface area (Å²) < 4.78 is 11.0. The second-order valence-electron chi connectivity index (χ2n) is 15.1. The zero-order valence-corrected chi connectivity index (χ0v) is 32.8. The van der Waals surface area contributed by atoms with Crippen molar-refractivity contribution in [1.29, 1.82) is 0 Å². The number of amides is 1. The molecule has 9 atom stereocenters. The highest BCUT2D eigenvalue weighted by Gasteiger charge is 2.44. The van der Waals surface area contributed by atoms with Gasteiger partial charge < -0.3 is 50.5 Å². The van der Waals surface area contributed by atoms with E-state index in [4.69, 9.17) is 9.47 Å². The first kappa shape index (κ1) is 48.9. The van der Waals surface area contributed by atoms with Crippen LogP contribution in [0.1, 0.15) is 174 Å². The Kier molecular flexibility index (Phi) is 30.2. The molecule has 1 heterocycles. The van der Waals surface area contributed by atoms with Crippen LogP contribution in [0.25, 0.3) is 0 Å². The van der Waals surface area contributed by atoms with E-state index < -0.39 is 74.2 Å². The summed E-state index contributed by atoms with van der Waals surface area (Å²) in [6, 6.07) is -1.17. The molecular formula is C41H79NO10. The van der Waals surface area contributed by atoms with Crippen molar-refractivity contribution in [2.75, 3.05) is 13.2 Å². The molecule has 0 aliphatic carbocycles. The largest absolute Gasteiger partial charge is 0.394 e. The Bertz CT molecular complexity index is 861. The molecule has 0 spiro atoms. The summed E-state index contributed by atoms with van der Waals surface area (Å²) in [5.41, 5.74) is 0. The minimum Gasteiger partial charge on any atom is -0.394 e. The van der Waals surface area contributed by atoms with Crippen LogP contribution in [0.5, 0.6) is 0 Å². The summed E-state index contributed by atoms with van der Waals surface area (Å²) in [6.07, 6.45) is 19.8. The Hall–Kier alpha value is -1.15. The lowest BCUT2D eigenvalue weighted by molar-refractivity contribution is -0.303. The Labute approximate surface area is 315 Å². The first-order chi connectivity index (χ1) is 25.2. The molecule has 0 saturated carbocycles. The molecule has 1 saturated heterocycles. The first-order valence-corrected chi connectivity index (χ1v) is 21.1. The lowest BCUT2D eigenvalue weighted by Crippen LogP contribution is -2.60. The molecule has 9 unspecified atom stereocenters. The van der Waals surface area contributed by atoms with Gasteiger partial charge in [-0.2, -0.15) is 0 Å². The van der Waals surface area contributed by atoms with Gasteiger partial charge in [-0.3, -0.25) is 4.79 Å². The van der Waals surface area contributed by atoms with E-state index in [-0.39, 0.29) is 6.42 Å². The molecule has 0 aromatic heterocycles. The van der Waals surface area contributed by atoms with Crippen LogP contribution in [0, 0.1) is 0 Å². The van der Waals surface area contributed by atoms with Gasteiger partial charge in [-0.1, -0.05) is 148 Å². The van der Waals surface area contributed by atoms with E-state index in [2.05, 4.69) is 31.3 Å². The van der Waals surface area contributed by atoms with Gasteiger partial charge in [0.15, 0.2) is 6.29 Å². The molecule has 1 rings (SSSR count). The van der Waals surface area contributed by atoms with Crippen LogP contribution in [-0.4, -0.2) is 110 Å². The maximum Gasteiger partial charge on any atom is 0.249 e. The molecule has 1 amide bonds. The monoisotopic (exact) mass is 746 g/mol. The Morgan fingerprint density at radius 1 is 0.654 bits per heavy atom. The summed E-state index contributed by atoms with van der Waals surface area (Å²) >= 11 is 0. The lowest BCUT2D eigenvalue weighted by atomic mass is 9.98. The fraction of sp³-hybridized carbons (Fsp3) is 0.927. The molecule has 8 N–H and O–H groups in total. The summed E-state index contributed by atoms with van der Waals surface area (Å²) in [4.78, 5) is 13.0. The zero-order valence-electron chi connectivity index (χ0n) is 32.8. The predicted molar refractivity (Wildman–Crippen MR) is 206 cm³/mol. The third-order valence-electron chi connectivity index (χ3n) is 10.3. The van der Waals surface area contributed by atoms with E-state index in [1.54, 1.807) is 0 Å². The molecule has 1 fully saturated rings. The molecule has 52 heavy (non-hydrogen) atoms. The number of nitrogens with one attached hydrogen (secondary N) is 1. The summed E-state index contributed by atoms with van der Waals surface area (Å²) in [7, 11) is 0. The van der Waals surface area contributed by atoms with Crippen molar-refractivity contribution in [1.82, 2.24) is 5.32 Å². The second kappa shape index (κ2) is 32.1. The number of aliphatic hydroxyl groups excluding tert-OH is 7. The Balaban J connectivity index is 2.52. The molecule has 1 aliphatic heterocycles. The third kappa shape index (κ3) is 22.3. The molecule has 11 heteroatoms. The quantitative estimate of drug-likeness (QED) is 0.0299. The minimum absolute atomic E-state index is 0.247. The molecule has 0 aromatic carbocycles. The summed E-state index contributed by atoms with van der Waals surface area (Å²) in [5, 5.41) is 75.3. The molecule has 0 bridgehead atoms. The number of allylic oxidation sites excluding steroid dienone is 2. The SMILES string of the molecule is CCCCCCCCC/C=C\CCCCCCC(O)C(=O)NC(COC1OC(CO)C(O)C(O)C1O)C(O)C(O)CCCCCCCCCCCC. The van der Waals surface area contributed by atoms with Gasteiger partial charge in [-0.25, -0.2) is 0 Å². The highest BCUT2D eigenvalue weighted by molar-refractivity contribution is 5.80. The van der Waals surface area contributed by atoms with Gasteiger partial charge >= 0.3 is 0 Å². The number of carbonyl (C=O) groups is 1. The van der Waals surface area contributed by atoms with Crippen LogP contribution in [-0.2, 0) is 14.3 Å². The molecule has 0 aromatic rings. The van der Waals surface area contributed by atoms with Crippen LogP contribution in [0.3, 0.4) is 0 Å². The van der Waals surface area contributed by atoms with E-state index in [9.17, 15) is 40.5 Å². The summed E-state index contributed by atoms with van der Waals surface area (Å²) in [5.74, 6) is -0.708. The highest BCUT2D eigenvalue weighted by atomic mass is 16.7. The topological polar surface area (TPSA) is 189 Å². The van der Waals surface area contributed by atoms with E-state index >= 15 is 0 Å². The molecular weight excluding hydrogens is 666 g/mol. The Morgan fingerprint density at radius 3 is 1.62 bits per heavy atom. The number of hydrogen-bond acceptors (Lipinski definition) is 10. The number of unbranched alkanes of at least 4 members (excludes halogenated alkanes) is 20. The zero-order chi connectivity index (χ0) is 38.4. The number of aliphatic hydroxyl groups is 7. The number of carbonyl (C=O) groups excluding carboxylic acids is 1. The van der Waals surface area contributed by atoms with Crippen LogP contribution in [0.15, 0.2) is 12.2 Å². The van der Waals surface area contributed by atoms with Gasteiger partial charge in [0.25, 0.3) is 0 Å². The molecule has 11 nitrogen and oxygen atoms in total. The molecule has 0 radical (unpaired) electrons. The fourth-order valence-electron chi connectivity index (χ4n) is 6.73. The fourth-order valence-corrected chi connectivity index (χ4v) is 6.73. The van der Waals surface area contributed by atoms with Gasteiger partial charge in [-0.15, -0.1) is 0 Å². The van der Waals surface area contributed by atoms with E-state index in [0.717, 1.165) is 51.4 Å². The van der Waals surface area contributed by atoms with Crippen LogP contribution >= 0.6 is 0 Å². The van der Waals surface area contributed by atoms with Crippen molar-refractivity contribution in [3.8, 4) is 0 Å². The second-order valence-corrected chi connectivity index (χ2v) is 15.1. The van der Waals surface area contributed by atoms with E-state index in [1.165, 1.54) is 83.5 Å². The van der Waals surface area contributed by atoms with Crippen molar-refractivity contribution < 1.29 is 50.0 Å². The Morgan fingerprint density at radius 2 is 1.12 bits per heavy atom. The summed E-state index contributed by atoms with van der Waals surface area (Å²) in [6.45, 7) is 3.39. The number of ether oxygens (including phenoxy) is 2. The standard InChI is InChI=1S/C41H79NO10/c1-3-5-7-9-11-13-15-16-17-18-19-21-23-25-27-29-34(45)40(50)42-32(31-51-41-39(49)38(48)37(47)35(30-43)52-41)36(46)33(44)28-26-24-22-20-14-12-10-8-6-4-2/h17-18,32-39,41,43-49H,3-16,19-31H2,1-2H3,(H,42,50)/b18-17-. The molecule has 308 valence electrons. The highest BCUT2D eigenvalue weighted by Crippen LogP contribution is 2.23. The van der Waals surface area contributed by atoms with Crippen LogP contribution in [0.2, 0.25) is 0 Å². The first-order valence-electron chi connectivity index (χ1n) is 21.1. The van der Waals surface area contributed by atoms with Crippen molar-refractivity contribution in [3.05, 3.63) is 12.2 Å². The van der Waals surface area contributed by atoms with Gasteiger partial charge in [0.2, 0.25) is 5.91 Å². The van der Waals surface area contributed by atoms with Gasteiger partial charge in [0.05, 0.1) is 25.4 Å².